The van der Waals surface area contributed by atoms with E-state index in [1.165, 1.54) is 25.7 Å². The quantitative estimate of drug-likeness (QED) is 0.457. The predicted octanol–water partition coefficient (Wildman–Crippen LogP) is 1.92. The zero-order valence-corrected chi connectivity index (χ0v) is 6.82. The third kappa shape index (κ3) is 7.52. The molecule has 0 radical (unpaired) electrons. The number of nitrogens with two attached hydrogens (primary N) is 1. The van der Waals surface area contributed by atoms with Crippen LogP contribution in [0.25, 0.3) is 0 Å². The first-order valence-corrected chi connectivity index (χ1v) is 4.01. The molecule has 0 amide bonds. The monoisotopic (exact) mass is 139 g/mol. The highest BCUT2D eigenvalue weighted by atomic mass is 14.5. The maximum absolute atomic E-state index is 5.34. The van der Waals surface area contributed by atoms with Crippen molar-refractivity contribution in [2.45, 2.75) is 39.0 Å². The first-order valence-electron chi connectivity index (χ1n) is 4.01. The van der Waals surface area contributed by atoms with Crippen molar-refractivity contribution in [3.05, 3.63) is 0 Å². The second-order valence-electron chi connectivity index (χ2n) is 2.38. The zero-order chi connectivity index (χ0) is 7.66. The van der Waals surface area contributed by atoms with Crippen LogP contribution in [0.2, 0.25) is 0 Å². The molecule has 1 nitrogen and oxygen atoms in total. The molecule has 1 heteroatoms. The summed E-state index contributed by atoms with van der Waals surface area (Å²) in [5, 5.41) is 0. The van der Waals surface area contributed by atoms with Crippen LogP contribution in [0, 0.1) is 11.8 Å². The van der Waals surface area contributed by atoms with E-state index in [1.807, 2.05) is 6.92 Å². The van der Waals surface area contributed by atoms with E-state index in [4.69, 9.17) is 5.73 Å². The normalized spacial score (nSPS) is 8.60. The van der Waals surface area contributed by atoms with Crippen molar-refractivity contribution in [1.82, 2.24) is 0 Å². The fourth-order valence-corrected chi connectivity index (χ4v) is 0.836. The minimum absolute atomic E-state index is 0.833. The van der Waals surface area contributed by atoms with Crippen molar-refractivity contribution in [1.29, 1.82) is 0 Å². The summed E-state index contributed by atoms with van der Waals surface area (Å²) >= 11 is 0. The van der Waals surface area contributed by atoms with Crippen LogP contribution in [0.3, 0.4) is 0 Å². The lowest BCUT2D eigenvalue weighted by molar-refractivity contribution is 0.657. The summed E-state index contributed by atoms with van der Waals surface area (Å²) in [5.74, 6) is 5.93. The van der Waals surface area contributed by atoms with Gasteiger partial charge in [0.15, 0.2) is 0 Å². The number of hydrogen-bond donors (Lipinski definition) is 1. The van der Waals surface area contributed by atoms with Crippen LogP contribution in [-0.4, -0.2) is 6.54 Å². The van der Waals surface area contributed by atoms with Crippen molar-refractivity contribution < 1.29 is 0 Å². The Hall–Kier alpha value is -0.480. The number of unbranched alkanes of at least 4 members (excludes halogenated alkanes) is 4. The van der Waals surface area contributed by atoms with E-state index in [0.717, 1.165) is 13.0 Å². The van der Waals surface area contributed by atoms with Crippen LogP contribution in [0.15, 0.2) is 0 Å². The molecular formula is C9H17N. The van der Waals surface area contributed by atoms with E-state index in [9.17, 15) is 0 Å². The van der Waals surface area contributed by atoms with Crippen LogP contribution in [-0.2, 0) is 0 Å². The minimum atomic E-state index is 0.833. The van der Waals surface area contributed by atoms with E-state index in [1.54, 1.807) is 0 Å². The van der Waals surface area contributed by atoms with Crippen molar-refractivity contribution in [2.24, 2.45) is 5.73 Å². The second kappa shape index (κ2) is 8.52. The molecule has 0 unspecified atom stereocenters. The van der Waals surface area contributed by atoms with Crippen molar-refractivity contribution >= 4 is 0 Å². The summed E-state index contributed by atoms with van der Waals surface area (Å²) in [5.41, 5.74) is 5.34. The smallest absolute Gasteiger partial charge is 0.00885 e. The van der Waals surface area contributed by atoms with Gasteiger partial charge in [0.1, 0.15) is 0 Å². The molecule has 0 atom stereocenters. The number of rotatable bonds is 5. The molecule has 0 rings (SSSR count). The molecule has 58 valence electrons. The Morgan fingerprint density at radius 1 is 1.10 bits per heavy atom. The van der Waals surface area contributed by atoms with Crippen LogP contribution in [0.5, 0.6) is 0 Å². The molecule has 10 heavy (non-hydrogen) atoms. The molecule has 0 fully saturated rings. The van der Waals surface area contributed by atoms with Gasteiger partial charge in [-0.3, -0.25) is 0 Å². The van der Waals surface area contributed by atoms with Gasteiger partial charge in [0.05, 0.1) is 0 Å². The molecular weight excluding hydrogens is 122 g/mol. The predicted molar refractivity (Wildman–Crippen MR) is 45.6 cm³/mol. The molecule has 0 aromatic rings. The van der Waals surface area contributed by atoms with Crippen molar-refractivity contribution in [3.63, 3.8) is 0 Å². The van der Waals surface area contributed by atoms with Crippen LogP contribution in [0.1, 0.15) is 39.0 Å². The highest BCUT2D eigenvalue weighted by molar-refractivity contribution is 4.94. The fraction of sp³-hybridized carbons (Fsp3) is 0.778. The Labute approximate surface area is 64.0 Å². The molecule has 0 saturated carbocycles. The highest BCUT2D eigenvalue weighted by Gasteiger charge is 1.85. The lowest BCUT2D eigenvalue weighted by Gasteiger charge is -1.94. The summed E-state index contributed by atoms with van der Waals surface area (Å²) < 4.78 is 0. The summed E-state index contributed by atoms with van der Waals surface area (Å²) in [6.07, 6.45) is 6.01. The molecule has 2 N–H and O–H groups in total. The average molecular weight is 139 g/mol. The third-order valence-electron chi connectivity index (χ3n) is 1.43. The Balaban J connectivity index is 2.82. The lowest BCUT2D eigenvalue weighted by Crippen LogP contribution is -1.97. The molecule has 0 aliphatic carbocycles. The van der Waals surface area contributed by atoms with Crippen LogP contribution >= 0.6 is 0 Å². The van der Waals surface area contributed by atoms with Gasteiger partial charge in [-0.2, -0.15) is 0 Å². The maximum Gasteiger partial charge on any atom is 0.00885 e. The Bertz CT molecular complexity index is 108. The molecule has 0 bridgehead atoms. The standard InChI is InChI=1S/C9H17N/c1-2-3-4-5-6-7-8-9-10/h4-10H2,1H3. The van der Waals surface area contributed by atoms with Crippen molar-refractivity contribution in [3.8, 4) is 11.8 Å². The van der Waals surface area contributed by atoms with Crippen LogP contribution < -0.4 is 5.73 Å². The van der Waals surface area contributed by atoms with Gasteiger partial charge in [-0.15, -0.1) is 11.8 Å². The highest BCUT2D eigenvalue weighted by Crippen LogP contribution is 2.00. The second-order valence-corrected chi connectivity index (χ2v) is 2.38. The summed E-state index contributed by atoms with van der Waals surface area (Å²) in [4.78, 5) is 0. The molecule has 0 saturated heterocycles. The zero-order valence-electron chi connectivity index (χ0n) is 6.82. The Morgan fingerprint density at radius 2 is 1.80 bits per heavy atom. The van der Waals surface area contributed by atoms with E-state index in [0.29, 0.717) is 0 Å². The Kier molecular flexibility index (Phi) is 8.11. The Morgan fingerprint density at radius 3 is 2.40 bits per heavy atom. The average Bonchev–Trinajstić information content (AvgIpc) is 1.97. The first-order chi connectivity index (χ1) is 4.91. The van der Waals surface area contributed by atoms with Gasteiger partial charge in [0.2, 0.25) is 0 Å². The van der Waals surface area contributed by atoms with Gasteiger partial charge >= 0.3 is 0 Å². The van der Waals surface area contributed by atoms with Gasteiger partial charge in [0.25, 0.3) is 0 Å². The largest absolute Gasteiger partial charge is 0.330 e. The number of hydrogen-bond acceptors (Lipinski definition) is 1. The lowest BCUT2D eigenvalue weighted by atomic mass is 10.1. The van der Waals surface area contributed by atoms with Crippen molar-refractivity contribution in [2.75, 3.05) is 6.54 Å². The summed E-state index contributed by atoms with van der Waals surface area (Å²) in [6, 6.07) is 0. The molecule has 0 aliphatic heterocycles. The van der Waals surface area contributed by atoms with E-state index in [2.05, 4.69) is 11.8 Å². The third-order valence-corrected chi connectivity index (χ3v) is 1.43. The first kappa shape index (κ1) is 9.52. The topological polar surface area (TPSA) is 26.0 Å². The fourth-order valence-electron chi connectivity index (χ4n) is 0.836. The maximum atomic E-state index is 5.34. The summed E-state index contributed by atoms with van der Waals surface area (Å²) in [6.45, 7) is 2.72. The molecule has 0 spiro atoms. The summed E-state index contributed by atoms with van der Waals surface area (Å²) in [7, 11) is 0. The van der Waals surface area contributed by atoms with E-state index in [-0.39, 0.29) is 0 Å². The van der Waals surface area contributed by atoms with Gasteiger partial charge in [0, 0.05) is 6.42 Å². The molecule has 0 heterocycles. The minimum Gasteiger partial charge on any atom is -0.330 e. The van der Waals surface area contributed by atoms with Gasteiger partial charge in [-0.25, -0.2) is 0 Å². The van der Waals surface area contributed by atoms with Crippen LogP contribution in [0.4, 0.5) is 0 Å². The molecule has 0 aromatic heterocycles. The van der Waals surface area contributed by atoms with Gasteiger partial charge in [-0.1, -0.05) is 12.8 Å². The molecule has 0 aromatic carbocycles. The van der Waals surface area contributed by atoms with E-state index < -0.39 is 0 Å². The van der Waals surface area contributed by atoms with E-state index >= 15 is 0 Å². The molecule has 0 aliphatic rings. The SMILES string of the molecule is CC#CCCCCCCN. The van der Waals surface area contributed by atoms with Gasteiger partial charge in [-0.05, 0) is 26.3 Å². The van der Waals surface area contributed by atoms with Gasteiger partial charge < -0.3 is 5.73 Å².